The Labute approximate surface area is 211 Å². The van der Waals surface area contributed by atoms with E-state index in [1.54, 1.807) is 43.3 Å². The second kappa shape index (κ2) is 10.4. The van der Waals surface area contributed by atoms with Gasteiger partial charge in [-0.15, -0.1) is 0 Å². The maximum Gasteiger partial charge on any atom is 0.249 e. The lowest BCUT2D eigenvalue weighted by Crippen LogP contribution is -2.37. The van der Waals surface area contributed by atoms with Crippen LogP contribution >= 0.6 is 0 Å². The molecule has 36 heavy (non-hydrogen) atoms. The van der Waals surface area contributed by atoms with Gasteiger partial charge in [-0.2, -0.15) is 0 Å². The lowest BCUT2D eigenvalue weighted by Gasteiger charge is -2.29. The summed E-state index contributed by atoms with van der Waals surface area (Å²) in [5.41, 5.74) is 2.07. The van der Waals surface area contributed by atoms with Crippen LogP contribution in [0.25, 0.3) is 0 Å². The third kappa shape index (κ3) is 4.79. The van der Waals surface area contributed by atoms with Crippen LogP contribution in [-0.2, 0) is 26.3 Å². The first-order valence-corrected chi connectivity index (χ1v) is 12.2. The van der Waals surface area contributed by atoms with Gasteiger partial charge in [0.05, 0.1) is 0 Å². The summed E-state index contributed by atoms with van der Waals surface area (Å²) in [4.78, 5) is 26.2. The number of hydrogen-bond donors (Lipinski definition) is 4. The van der Waals surface area contributed by atoms with Gasteiger partial charge in [0, 0.05) is 30.0 Å². The van der Waals surface area contributed by atoms with Crippen LogP contribution in [0.3, 0.4) is 0 Å². The molecule has 0 saturated carbocycles. The predicted molar refractivity (Wildman–Crippen MR) is 138 cm³/mol. The van der Waals surface area contributed by atoms with Crippen LogP contribution < -0.4 is 10.6 Å². The minimum atomic E-state index is -1.19. The smallest absolute Gasteiger partial charge is 0.249 e. The van der Waals surface area contributed by atoms with Crippen molar-refractivity contribution < 1.29 is 24.5 Å². The van der Waals surface area contributed by atoms with Crippen molar-refractivity contribution in [1.82, 2.24) is 5.32 Å². The average molecular weight is 489 g/mol. The van der Waals surface area contributed by atoms with Crippen LogP contribution in [0.2, 0.25) is 0 Å². The second-order valence-corrected chi connectivity index (χ2v) is 9.55. The minimum Gasteiger partial charge on any atom is -0.508 e. The average Bonchev–Trinajstić information content (AvgIpc) is 3.16. The van der Waals surface area contributed by atoms with E-state index in [4.69, 9.17) is 4.74 Å². The number of phenolic OH excluding ortho intramolecular Hbond substituents is 2. The Morgan fingerprint density at radius 2 is 1.69 bits per heavy atom. The molecule has 1 heterocycles. The fraction of sp³-hybridized carbons (Fsp3) is 0.310. The topological polar surface area (TPSA) is 108 Å². The number of carbonyl (C=O) groups is 2. The SMILES string of the molecule is CC(C)CCOC(C)C(=O)NCc1cc(C2(c3ccc(O)cc3)C(=O)Nc3ccccc32)ccc1O. The summed E-state index contributed by atoms with van der Waals surface area (Å²) in [5.74, 6) is 0.0844. The number of phenols is 2. The molecule has 7 nitrogen and oxygen atoms in total. The van der Waals surface area contributed by atoms with Crippen LogP contribution in [0.15, 0.2) is 66.7 Å². The molecule has 3 aromatic rings. The summed E-state index contributed by atoms with van der Waals surface area (Å²) in [6, 6.07) is 19.0. The van der Waals surface area contributed by atoms with Gasteiger partial charge in [-0.3, -0.25) is 9.59 Å². The Bertz CT molecular complexity index is 1250. The van der Waals surface area contributed by atoms with Crippen molar-refractivity contribution >= 4 is 17.5 Å². The standard InChI is InChI=1S/C29H32N2O5/c1-18(2)14-15-36-19(3)27(34)30-17-20-16-22(10-13-26(20)33)29(21-8-11-23(32)12-9-21)24-6-4-5-7-25(24)31-28(29)35/h4-13,16,18-19,32-33H,14-15,17H2,1-3H3,(H,30,34)(H,31,35). The molecule has 4 rings (SSSR count). The van der Waals surface area contributed by atoms with E-state index in [-0.39, 0.29) is 29.9 Å². The summed E-state index contributed by atoms with van der Waals surface area (Å²) < 4.78 is 5.63. The zero-order valence-corrected chi connectivity index (χ0v) is 20.7. The van der Waals surface area contributed by atoms with Crippen LogP contribution in [-0.4, -0.2) is 34.7 Å². The molecule has 0 spiro atoms. The van der Waals surface area contributed by atoms with E-state index in [2.05, 4.69) is 24.5 Å². The Balaban J connectivity index is 1.66. The number of para-hydroxylation sites is 1. The Morgan fingerprint density at radius 3 is 2.42 bits per heavy atom. The highest BCUT2D eigenvalue weighted by Crippen LogP contribution is 2.48. The van der Waals surface area contributed by atoms with E-state index in [0.717, 1.165) is 12.0 Å². The first-order chi connectivity index (χ1) is 17.2. The van der Waals surface area contributed by atoms with Crippen molar-refractivity contribution in [3.05, 3.63) is 89.0 Å². The molecule has 2 unspecified atom stereocenters. The van der Waals surface area contributed by atoms with E-state index in [1.165, 1.54) is 6.07 Å². The van der Waals surface area contributed by atoms with Gasteiger partial charge in [-0.1, -0.05) is 50.2 Å². The molecule has 0 fully saturated rings. The number of ether oxygens (including phenoxy) is 1. The number of rotatable bonds is 9. The molecule has 0 bridgehead atoms. The van der Waals surface area contributed by atoms with E-state index in [9.17, 15) is 19.8 Å². The Hall–Kier alpha value is -3.84. The van der Waals surface area contributed by atoms with Gasteiger partial charge < -0.3 is 25.6 Å². The lowest BCUT2D eigenvalue weighted by atomic mass is 9.70. The summed E-state index contributed by atoms with van der Waals surface area (Å²) in [5, 5.41) is 26.2. The zero-order valence-electron chi connectivity index (χ0n) is 20.7. The number of anilines is 1. The maximum atomic E-state index is 13.6. The van der Waals surface area contributed by atoms with Gasteiger partial charge in [-0.05, 0) is 60.7 Å². The number of hydrogen-bond acceptors (Lipinski definition) is 5. The molecule has 1 aliphatic heterocycles. The number of benzene rings is 3. The van der Waals surface area contributed by atoms with Gasteiger partial charge in [-0.25, -0.2) is 0 Å². The number of aromatic hydroxyl groups is 2. The fourth-order valence-corrected chi connectivity index (χ4v) is 4.55. The lowest BCUT2D eigenvalue weighted by molar-refractivity contribution is -0.132. The van der Waals surface area contributed by atoms with Gasteiger partial charge in [0.25, 0.3) is 0 Å². The van der Waals surface area contributed by atoms with E-state index >= 15 is 0 Å². The monoisotopic (exact) mass is 488 g/mol. The van der Waals surface area contributed by atoms with E-state index < -0.39 is 11.5 Å². The largest absolute Gasteiger partial charge is 0.508 e. The van der Waals surface area contributed by atoms with Crippen LogP contribution in [0.5, 0.6) is 11.5 Å². The molecule has 1 aliphatic rings. The minimum absolute atomic E-state index is 0.0139. The Kier molecular flexibility index (Phi) is 7.31. The quantitative estimate of drug-likeness (QED) is 0.356. The van der Waals surface area contributed by atoms with Gasteiger partial charge in [0.1, 0.15) is 23.0 Å². The molecule has 7 heteroatoms. The molecular formula is C29H32N2O5. The van der Waals surface area contributed by atoms with Gasteiger partial charge >= 0.3 is 0 Å². The van der Waals surface area contributed by atoms with Crippen LogP contribution in [0, 0.1) is 5.92 Å². The molecule has 0 saturated heterocycles. The first kappa shape index (κ1) is 25.3. The molecule has 188 valence electrons. The molecule has 4 N–H and O–H groups in total. The fourth-order valence-electron chi connectivity index (χ4n) is 4.55. The molecule has 0 radical (unpaired) electrons. The maximum absolute atomic E-state index is 13.6. The van der Waals surface area contributed by atoms with Gasteiger partial charge in [0.2, 0.25) is 11.8 Å². The van der Waals surface area contributed by atoms with Crippen molar-refractivity contribution in [3.8, 4) is 11.5 Å². The summed E-state index contributed by atoms with van der Waals surface area (Å²) in [6.45, 7) is 6.46. The van der Waals surface area contributed by atoms with Crippen molar-refractivity contribution in [2.24, 2.45) is 5.92 Å². The van der Waals surface area contributed by atoms with E-state index in [1.807, 2.05) is 24.3 Å². The van der Waals surface area contributed by atoms with Gasteiger partial charge in [0.15, 0.2) is 0 Å². The first-order valence-electron chi connectivity index (χ1n) is 12.2. The van der Waals surface area contributed by atoms with Crippen molar-refractivity contribution in [2.45, 2.75) is 45.3 Å². The highest BCUT2D eigenvalue weighted by atomic mass is 16.5. The number of carbonyl (C=O) groups excluding carboxylic acids is 2. The third-order valence-electron chi connectivity index (χ3n) is 6.62. The third-order valence-corrected chi connectivity index (χ3v) is 6.62. The van der Waals surface area contributed by atoms with Crippen LogP contribution in [0.4, 0.5) is 5.69 Å². The number of nitrogens with one attached hydrogen (secondary N) is 2. The number of amides is 2. The molecule has 3 aromatic carbocycles. The highest BCUT2D eigenvalue weighted by molar-refractivity contribution is 6.11. The molecule has 2 atom stereocenters. The number of fused-ring (bicyclic) bond motifs is 1. The normalized spacial score (nSPS) is 17.5. The summed E-state index contributed by atoms with van der Waals surface area (Å²) in [6.07, 6.45) is 0.244. The Morgan fingerprint density at radius 1 is 1.00 bits per heavy atom. The van der Waals surface area contributed by atoms with Crippen molar-refractivity contribution in [1.29, 1.82) is 0 Å². The van der Waals surface area contributed by atoms with E-state index in [0.29, 0.717) is 34.9 Å². The molecular weight excluding hydrogens is 456 g/mol. The van der Waals surface area contributed by atoms with Crippen molar-refractivity contribution in [2.75, 3.05) is 11.9 Å². The summed E-state index contributed by atoms with van der Waals surface area (Å²) in [7, 11) is 0. The van der Waals surface area contributed by atoms with Crippen molar-refractivity contribution in [3.63, 3.8) is 0 Å². The molecule has 0 aromatic heterocycles. The second-order valence-electron chi connectivity index (χ2n) is 9.55. The molecule has 2 amide bonds. The predicted octanol–water partition coefficient (Wildman–Crippen LogP) is 4.45. The highest BCUT2D eigenvalue weighted by Gasteiger charge is 2.49. The molecule has 0 aliphatic carbocycles. The van der Waals surface area contributed by atoms with Crippen LogP contribution in [0.1, 0.15) is 49.4 Å². The summed E-state index contributed by atoms with van der Waals surface area (Å²) >= 11 is 0. The zero-order chi connectivity index (χ0) is 25.9.